The van der Waals surface area contributed by atoms with Crippen LogP contribution >= 0.6 is 0 Å². The van der Waals surface area contributed by atoms with Crippen LogP contribution in [0, 0.1) is 0 Å². The Balaban J connectivity index is 1.53. The van der Waals surface area contributed by atoms with Crippen LogP contribution in [0.4, 0.5) is 11.5 Å². The van der Waals surface area contributed by atoms with Crippen LogP contribution in [-0.4, -0.2) is 9.55 Å². The SMILES string of the molecule is c1ccc(C(c2ccccc2)(c2ccccc2)n2cnc(Nc3cccc4c3CCC4)c2)cc1. The summed E-state index contributed by atoms with van der Waals surface area (Å²) < 4.78 is 2.25. The van der Waals surface area contributed by atoms with Crippen LogP contribution in [0.3, 0.4) is 0 Å². The lowest BCUT2D eigenvalue weighted by Gasteiger charge is -2.37. The zero-order chi connectivity index (χ0) is 22.8. The molecule has 0 spiro atoms. The highest BCUT2D eigenvalue weighted by Gasteiger charge is 2.38. The van der Waals surface area contributed by atoms with E-state index in [1.807, 2.05) is 6.33 Å². The van der Waals surface area contributed by atoms with Crippen LogP contribution in [-0.2, 0) is 18.4 Å². The van der Waals surface area contributed by atoms with Gasteiger partial charge in [-0.15, -0.1) is 0 Å². The monoisotopic (exact) mass is 441 g/mol. The van der Waals surface area contributed by atoms with Gasteiger partial charge in [-0.3, -0.25) is 0 Å². The van der Waals surface area contributed by atoms with Crippen molar-refractivity contribution in [2.75, 3.05) is 5.32 Å². The number of aryl methyl sites for hydroxylation is 1. The summed E-state index contributed by atoms with van der Waals surface area (Å²) in [5, 5.41) is 3.62. The Kier molecular flexibility index (Phi) is 5.23. The fourth-order valence-electron chi connectivity index (χ4n) is 5.43. The first-order valence-corrected chi connectivity index (χ1v) is 11.9. The number of nitrogens with zero attached hydrogens (tertiary/aromatic N) is 2. The number of aromatic nitrogens is 2. The van der Waals surface area contributed by atoms with E-state index in [1.165, 1.54) is 46.3 Å². The maximum atomic E-state index is 4.83. The number of hydrogen-bond donors (Lipinski definition) is 1. The van der Waals surface area contributed by atoms with Crippen molar-refractivity contribution in [1.82, 2.24) is 9.55 Å². The normalized spacial score (nSPS) is 12.9. The van der Waals surface area contributed by atoms with E-state index in [2.05, 4.69) is 125 Å². The van der Waals surface area contributed by atoms with Gasteiger partial charge in [0.15, 0.2) is 0 Å². The lowest BCUT2D eigenvalue weighted by molar-refractivity contribution is 0.515. The molecule has 1 N–H and O–H groups in total. The van der Waals surface area contributed by atoms with Gasteiger partial charge >= 0.3 is 0 Å². The quantitative estimate of drug-likeness (QED) is 0.289. The van der Waals surface area contributed by atoms with E-state index in [9.17, 15) is 0 Å². The highest BCUT2D eigenvalue weighted by atomic mass is 15.2. The predicted octanol–water partition coefficient (Wildman–Crippen LogP) is 6.96. The van der Waals surface area contributed by atoms with Gasteiger partial charge < -0.3 is 9.88 Å². The van der Waals surface area contributed by atoms with Gasteiger partial charge in [-0.2, -0.15) is 0 Å². The van der Waals surface area contributed by atoms with E-state index in [-0.39, 0.29) is 0 Å². The van der Waals surface area contributed by atoms with Gasteiger partial charge in [0, 0.05) is 11.9 Å². The Morgan fingerprint density at radius 3 is 1.82 bits per heavy atom. The molecular formula is C31H27N3. The highest BCUT2D eigenvalue weighted by Crippen LogP contribution is 2.41. The number of fused-ring (bicyclic) bond motifs is 1. The van der Waals surface area contributed by atoms with Crippen LogP contribution in [0.1, 0.15) is 34.2 Å². The summed E-state index contributed by atoms with van der Waals surface area (Å²) in [6.45, 7) is 0. The average molecular weight is 442 g/mol. The summed E-state index contributed by atoms with van der Waals surface area (Å²) in [6, 6.07) is 38.7. The summed E-state index contributed by atoms with van der Waals surface area (Å²) in [7, 11) is 0. The molecule has 0 bridgehead atoms. The van der Waals surface area contributed by atoms with Crippen LogP contribution in [0.15, 0.2) is 122 Å². The molecule has 0 saturated heterocycles. The Morgan fingerprint density at radius 2 is 1.24 bits per heavy atom. The molecule has 4 aromatic carbocycles. The minimum Gasteiger partial charge on any atom is -0.339 e. The van der Waals surface area contributed by atoms with Crippen molar-refractivity contribution in [2.24, 2.45) is 0 Å². The number of nitrogens with one attached hydrogen (secondary N) is 1. The van der Waals surface area contributed by atoms with Gasteiger partial charge in [0.2, 0.25) is 0 Å². The molecule has 0 unspecified atom stereocenters. The number of anilines is 2. The molecule has 1 heterocycles. The Morgan fingerprint density at radius 1 is 0.647 bits per heavy atom. The summed E-state index contributed by atoms with van der Waals surface area (Å²) in [5.74, 6) is 0.854. The van der Waals surface area contributed by atoms with Crippen molar-refractivity contribution >= 4 is 11.5 Å². The maximum Gasteiger partial charge on any atom is 0.148 e. The van der Waals surface area contributed by atoms with E-state index < -0.39 is 5.54 Å². The first kappa shape index (κ1) is 20.5. The van der Waals surface area contributed by atoms with Crippen LogP contribution in [0.2, 0.25) is 0 Å². The minimum atomic E-state index is -0.546. The molecule has 1 aliphatic rings. The molecule has 6 rings (SSSR count). The summed E-state index contributed by atoms with van der Waals surface area (Å²) in [5.41, 5.74) is 7.08. The van der Waals surface area contributed by atoms with Gasteiger partial charge in [0.05, 0.1) is 6.33 Å². The lowest BCUT2D eigenvalue weighted by Crippen LogP contribution is -2.36. The third-order valence-corrected chi connectivity index (χ3v) is 6.95. The van der Waals surface area contributed by atoms with Crippen molar-refractivity contribution in [3.63, 3.8) is 0 Å². The van der Waals surface area contributed by atoms with Gasteiger partial charge in [0.1, 0.15) is 11.4 Å². The van der Waals surface area contributed by atoms with Crippen LogP contribution in [0.25, 0.3) is 0 Å². The highest BCUT2D eigenvalue weighted by molar-refractivity contribution is 5.64. The average Bonchev–Trinajstić information content (AvgIpc) is 3.57. The van der Waals surface area contributed by atoms with Gasteiger partial charge in [-0.1, -0.05) is 103 Å². The molecule has 3 nitrogen and oxygen atoms in total. The number of imidazole rings is 1. The molecule has 0 aliphatic heterocycles. The Hall–Kier alpha value is -4.11. The zero-order valence-corrected chi connectivity index (χ0v) is 19.1. The topological polar surface area (TPSA) is 29.9 Å². The smallest absolute Gasteiger partial charge is 0.148 e. The van der Waals surface area contributed by atoms with Crippen molar-refractivity contribution in [3.05, 3.63) is 150 Å². The summed E-state index contributed by atoms with van der Waals surface area (Å²) in [4.78, 5) is 4.83. The molecule has 0 atom stereocenters. The summed E-state index contributed by atoms with van der Waals surface area (Å²) >= 11 is 0. The fraction of sp³-hybridized carbons (Fsp3) is 0.129. The van der Waals surface area contributed by atoms with Gasteiger partial charge in [0.25, 0.3) is 0 Å². The Bertz CT molecular complexity index is 1290. The molecule has 1 aromatic heterocycles. The van der Waals surface area contributed by atoms with E-state index in [4.69, 9.17) is 4.98 Å². The second-order valence-electron chi connectivity index (χ2n) is 8.90. The van der Waals surface area contributed by atoms with E-state index >= 15 is 0 Å². The number of rotatable bonds is 6. The molecule has 0 amide bonds. The molecule has 166 valence electrons. The third kappa shape index (κ3) is 3.41. The van der Waals surface area contributed by atoms with Crippen LogP contribution in [0.5, 0.6) is 0 Å². The number of benzene rings is 4. The fourth-order valence-corrected chi connectivity index (χ4v) is 5.43. The Labute approximate surface area is 200 Å². The maximum absolute atomic E-state index is 4.83. The number of hydrogen-bond acceptors (Lipinski definition) is 2. The lowest BCUT2D eigenvalue weighted by atomic mass is 9.77. The molecule has 34 heavy (non-hydrogen) atoms. The summed E-state index contributed by atoms with van der Waals surface area (Å²) in [6.07, 6.45) is 7.61. The minimum absolute atomic E-state index is 0.546. The van der Waals surface area contributed by atoms with Crippen molar-refractivity contribution < 1.29 is 0 Å². The molecular weight excluding hydrogens is 414 g/mol. The van der Waals surface area contributed by atoms with Gasteiger partial charge in [-0.05, 0) is 53.1 Å². The van der Waals surface area contributed by atoms with Crippen LogP contribution < -0.4 is 5.32 Å². The first-order chi connectivity index (χ1) is 16.9. The second kappa shape index (κ2) is 8.68. The van der Waals surface area contributed by atoms with Crippen molar-refractivity contribution in [1.29, 1.82) is 0 Å². The largest absolute Gasteiger partial charge is 0.339 e. The van der Waals surface area contributed by atoms with E-state index in [1.54, 1.807) is 0 Å². The molecule has 5 aromatic rings. The first-order valence-electron chi connectivity index (χ1n) is 11.9. The molecule has 0 radical (unpaired) electrons. The van der Waals surface area contributed by atoms with Gasteiger partial charge in [-0.25, -0.2) is 4.98 Å². The third-order valence-electron chi connectivity index (χ3n) is 6.95. The molecule has 0 fully saturated rings. The second-order valence-corrected chi connectivity index (χ2v) is 8.90. The van der Waals surface area contributed by atoms with E-state index in [0.29, 0.717) is 0 Å². The molecule has 3 heteroatoms. The standard InChI is InChI=1S/C31H27N3/c1-4-14-25(15-5-1)31(26-16-6-2-7-17-26,27-18-8-3-9-19-27)34-22-30(32-23-34)33-29-21-11-13-24-12-10-20-28(24)29/h1-9,11,13-19,21-23,33H,10,12,20H2. The van der Waals surface area contributed by atoms with Crippen molar-refractivity contribution in [3.8, 4) is 0 Å². The molecule has 1 aliphatic carbocycles. The zero-order valence-electron chi connectivity index (χ0n) is 19.1. The predicted molar refractivity (Wildman–Crippen MR) is 139 cm³/mol. The van der Waals surface area contributed by atoms with E-state index in [0.717, 1.165) is 12.2 Å². The van der Waals surface area contributed by atoms with Crippen molar-refractivity contribution in [2.45, 2.75) is 24.8 Å². The molecule has 0 saturated carbocycles.